The van der Waals surface area contributed by atoms with Gasteiger partial charge in [-0.15, -0.1) is 4.40 Å². The molecule has 0 unspecified atom stereocenters. The molecule has 0 saturated carbocycles. The number of sulfonamides is 1. The van der Waals surface area contributed by atoms with Crippen molar-refractivity contribution in [3.05, 3.63) is 59.3 Å². The molecule has 2 aliphatic rings. The number of carbonyl (C=O) groups excluding carboxylic acids is 1. The first-order valence-electron chi connectivity index (χ1n) is 8.83. The van der Waals surface area contributed by atoms with E-state index >= 15 is 0 Å². The van der Waals surface area contributed by atoms with Crippen molar-refractivity contribution in [1.82, 2.24) is 10.2 Å². The maximum Gasteiger partial charge on any atom is 0.416 e. The molecule has 0 atom stereocenters. The Morgan fingerprint density at radius 3 is 2.62 bits per heavy atom. The molecular formula is C19H20F3N3O3S. The number of carbonyl (C=O) groups is 1. The topological polar surface area (TPSA) is 78.8 Å². The summed E-state index contributed by atoms with van der Waals surface area (Å²) < 4.78 is 66.2. The summed E-state index contributed by atoms with van der Waals surface area (Å²) in [5, 5.41) is 2.69. The van der Waals surface area contributed by atoms with Crippen LogP contribution in [0.2, 0.25) is 0 Å². The second-order valence-corrected chi connectivity index (χ2v) is 9.22. The number of benzene rings is 1. The van der Waals surface area contributed by atoms with Crippen LogP contribution in [0.3, 0.4) is 0 Å². The highest BCUT2D eigenvalue weighted by atomic mass is 32.2. The highest BCUT2D eigenvalue weighted by molar-refractivity contribution is 7.90. The Morgan fingerprint density at radius 2 is 1.93 bits per heavy atom. The lowest BCUT2D eigenvalue weighted by Gasteiger charge is -2.30. The number of fused-ring (bicyclic) bond motifs is 1. The average molecular weight is 427 g/mol. The molecule has 0 fully saturated rings. The van der Waals surface area contributed by atoms with Gasteiger partial charge in [-0.3, -0.25) is 4.79 Å². The van der Waals surface area contributed by atoms with Crippen molar-refractivity contribution in [2.75, 3.05) is 18.8 Å². The number of amides is 1. The summed E-state index contributed by atoms with van der Waals surface area (Å²) in [5.41, 5.74) is -1.03. The molecular weight excluding hydrogens is 407 g/mol. The smallest absolute Gasteiger partial charge is 0.351 e. The monoisotopic (exact) mass is 427 g/mol. The van der Waals surface area contributed by atoms with Crippen molar-refractivity contribution in [2.24, 2.45) is 4.40 Å². The maximum atomic E-state index is 13.0. The number of allylic oxidation sites excluding steroid dienone is 2. The van der Waals surface area contributed by atoms with Crippen molar-refractivity contribution >= 4 is 21.8 Å². The van der Waals surface area contributed by atoms with E-state index in [1.54, 1.807) is 37.1 Å². The number of hydrogen-bond acceptors (Lipinski definition) is 4. The van der Waals surface area contributed by atoms with E-state index in [2.05, 4.69) is 9.71 Å². The second-order valence-electron chi connectivity index (χ2n) is 7.46. The van der Waals surface area contributed by atoms with Crippen molar-refractivity contribution < 1.29 is 26.4 Å². The van der Waals surface area contributed by atoms with Crippen LogP contribution in [-0.4, -0.2) is 43.9 Å². The first kappa shape index (κ1) is 21.1. The van der Waals surface area contributed by atoms with E-state index in [4.69, 9.17) is 0 Å². The number of alkyl halides is 3. The molecule has 1 amide bonds. The first-order valence-corrected chi connectivity index (χ1v) is 10.4. The molecule has 6 nitrogen and oxygen atoms in total. The molecule has 3 rings (SSSR count). The zero-order chi connectivity index (χ0) is 21.4. The molecule has 2 heterocycles. The van der Waals surface area contributed by atoms with Crippen LogP contribution in [0, 0.1) is 0 Å². The van der Waals surface area contributed by atoms with Gasteiger partial charge in [-0.1, -0.05) is 32.0 Å². The minimum atomic E-state index is -4.46. The Kier molecular flexibility index (Phi) is 5.33. The number of halogens is 3. The highest BCUT2D eigenvalue weighted by Crippen LogP contribution is 2.32. The molecule has 1 aromatic carbocycles. The molecule has 0 saturated heterocycles. The SMILES string of the molecule is CC(C)(CNC(=O)C1=CC=CN2CCS(=O)(=O)N=C12)c1cccc(C(F)(F)F)c1. The number of nitrogens with one attached hydrogen (secondary N) is 1. The van der Waals surface area contributed by atoms with Gasteiger partial charge < -0.3 is 10.2 Å². The normalized spacial score (nSPS) is 18.6. The fourth-order valence-electron chi connectivity index (χ4n) is 3.01. The summed E-state index contributed by atoms with van der Waals surface area (Å²) in [4.78, 5) is 14.2. The number of hydrogen-bond donors (Lipinski definition) is 1. The van der Waals surface area contributed by atoms with Crippen LogP contribution in [0.15, 0.2) is 52.6 Å². The van der Waals surface area contributed by atoms with Gasteiger partial charge >= 0.3 is 6.18 Å². The standard InChI is InChI=1S/C19H20F3N3O3S/c1-18(2,13-5-3-6-14(11-13)19(20,21)22)12-23-17(26)15-7-4-8-25-9-10-29(27,28)24-16(15)25/h3-8,11H,9-10,12H2,1-2H3,(H,23,26). The molecule has 156 valence electrons. The highest BCUT2D eigenvalue weighted by Gasteiger charge is 2.33. The summed E-state index contributed by atoms with van der Waals surface area (Å²) in [5.74, 6) is -0.637. The van der Waals surface area contributed by atoms with Gasteiger partial charge in [0.05, 0.1) is 16.9 Å². The molecule has 10 heteroatoms. The summed E-state index contributed by atoms with van der Waals surface area (Å²) in [7, 11) is -3.64. The van der Waals surface area contributed by atoms with E-state index in [0.29, 0.717) is 5.56 Å². The van der Waals surface area contributed by atoms with Crippen LogP contribution < -0.4 is 5.32 Å². The van der Waals surface area contributed by atoms with Crippen molar-refractivity contribution in [3.63, 3.8) is 0 Å². The van der Waals surface area contributed by atoms with Crippen LogP contribution in [-0.2, 0) is 26.4 Å². The van der Waals surface area contributed by atoms with E-state index in [1.165, 1.54) is 12.1 Å². The number of amidine groups is 1. The lowest BCUT2D eigenvalue weighted by molar-refractivity contribution is -0.137. The van der Waals surface area contributed by atoms with Crippen molar-refractivity contribution in [2.45, 2.75) is 25.4 Å². The lowest BCUT2D eigenvalue weighted by atomic mass is 9.83. The van der Waals surface area contributed by atoms with E-state index in [0.717, 1.165) is 12.1 Å². The Bertz CT molecular complexity index is 1020. The fraction of sp³-hybridized carbons (Fsp3) is 0.368. The van der Waals surface area contributed by atoms with Gasteiger partial charge in [0.15, 0.2) is 5.84 Å². The summed E-state index contributed by atoms with van der Waals surface area (Å²) in [6, 6.07) is 4.96. The minimum absolute atomic E-state index is 0.0492. The quantitative estimate of drug-likeness (QED) is 0.801. The largest absolute Gasteiger partial charge is 0.416 e. The average Bonchev–Trinajstić information content (AvgIpc) is 2.64. The summed E-state index contributed by atoms with van der Waals surface area (Å²) in [6.45, 7) is 3.67. The van der Waals surface area contributed by atoms with Gasteiger partial charge in [-0.05, 0) is 23.8 Å². The molecule has 2 aliphatic heterocycles. The fourth-order valence-corrected chi connectivity index (χ4v) is 3.99. The Hall–Kier alpha value is -2.62. The van der Waals surface area contributed by atoms with E-state index < -0.39 is 33.1 Å². The molecule has 0 aliphatic carbocycles. The summed E-state index contributed by atoms with van der Waals surface area (Å²) >= 11 is 0. The molecule has 29 heavy (non-hydrogen) atoms. The van der Waals surface area contributed by atoms with Crippen LogP contribution in [0.5, 0.6) is 0 Å². The van der Waals surface area contributed by atoms with Crippen molar-refractivity contribution in [1.29, 1.82) is 0 Å². The van der Waals surface area contributed by atoms with Crippen LogP contribution in [0.25, 0.3) is 0 Å². The van der Waals surface area contributed by atoms with E-state index in [1.807, 2.05) is 0 Å². The molecule has 0 bridgehead atoms. The molecule has 1 N–H and O–H groups in total. The van der Waals surface area contributed by atoms with Crippen LogP contribution in [0.4, 0.5) is 13.2 Å². The zero-order valence-electron chi connectivity index (χ0n) is 15.8. The van der Waals surface area contributed by atoms with Gasteiger partial charge in [0.2, 0.25) is 0 Å². The third-order valence-electron chi connectivity index (χ3n) is 4.76. The molecule has 0 radical (unpaired) electrons. The Balaban J connectivity index is 1.77. The first-order chi connectivity index (χ1) is 13.4. The Labute approximate surface area is 166 Å². The van der Waals surface area contributed by atoms with E-state index in [-0.39, 0.29) is 30.3 Å². The molecule has 0 spiro atoms. The number of rotatable bonds is 4. The predicted molar refractivity (Wildman–Crippen MR) is 103 cm³/mol. The minimum Gasteiger partial charge on any atom is -0.351 e. The molecule has 0 aromatic heterocycles. The third kappa shape index (κ3) is 4.69. The van der Waals surface area contributed by atoms with Gasteiger partial charge in [-0.25, -0.2) is 8.42 Å². The van der Waals surface area contributed by atoms with Crippen molar-refractivity contribution in [3.8, 4) is 0 Å². The van der Waals surface area contributed by atoms with Gasteiger partial charge in [0, 0.05) is 24.7 Å². The van der Waals surface area contributed by atoms with Crippen LogP contribution >= 0.6 is 0 Å². The zero-order valence-corrected chi connectivity index (χ0v) is 16.6. The number of nitrogens with zero attached hydrogens (tertiary/aromatic N) is 2. The van der Waals surface area contributed by atoms with Gasteiger partial charge in [-0.2, -0.15) is 13.2 Å². The predicted octanol–water partition coefficient (Wildman–Crippen LogP) is 2.60. The van der Waals surface area contributed by atoms with Crippen LogP contribution in [0.1, 0.15) is 25.0 Å². The second kappa shape index (κ2) is 7.33. The third-order valence-corrected chi connectivity index (χ3v) is 5.91. The molecule has 1 aromatic rings. The Morgan fingerprint density at radius 1 is 1.24 bits per heavy atom. The van der Waals surface area contributed by atoms with Gasteiger partial charge in [0.1, 0.15) is 0 Å². The van der Waals surface area contributed by atoms with E-state index in [9.17, 15) is 26.4 Å². The lowest BCUT2D eigenvalue weighted by Crippen LogP contribution is -2.44. The summed E-state index contributed by atoms with van der Waals surface area (Å²) in [6.07, 6.45) is 0.256. The van der Waals surface area contributed by atoms with Gasteiger partial charge in [0.25, 0.3) is 15.9 Å². The maximum absolute atomic E-state index is 13.0.